The van der Waals surface area contributed by atoms with Gasteiger partial charge in [-0.25, -0.2) is 0 Å². The van der Waals surface area contributed by atoms with Crippen LogP contribution in [-0.2, 0) is 28.5 Å². The first-order valence-corrected chi connectivity index (χ1v) is 11.0. The maximum atomic E-state index is 14.7. The number of carbonyl (C=O) groups excluding carboxylic acids is 3. The van der Waals surface area contributed by atoms with Gasteiger partial charge in [0.25, 0.3) is 5.91 Å². The molecule has 2 aliphatic heterocycles. The van der Waals surface area contributed by atoms with Crippen molar-refractivity contribution in [3.05, 3.63) is 81.5 Å². The minimum atomic E-state index is -3.64. The molecule has 4 rings (SSSR count). The molecule has 0 spiro atoms. The molecule has 172 valence electrons. The molecule has 2 amide bonds. The van der Waals surface area contributed by atoms with Crippen molar-refractivity contribution in [1.29, 1.82) is 0 Å². The highest BCUT2D eigenvalue weighted by molar-refractivity contribution is 6.31. The molecular weight excluding hydrogens is 450 g/mol. The number of ketones is 1. The third-order valence-electron chi connectivity index (χ3n) is 6.23. The number of hydrogen-bond acceptors (Lipinski definition) is 3. The van der Waals surface area contributed by atoms with Crippen LogP contribution in [0.15, 0.2) is 48.7 Å². The molecule has 5 nitrogen and oxygen atoms in total. The Bertz CT molecular complexity index is 1180. The largest absolute Gasteiger partial charge is 0.330 e. The van der Waals surface area contributed by atoms with Gasteiger partial charge in [0, 0.05) is 34.8 Å². The van der Waals surface area contributed by atoms with Crippen LogP contribution in [0.4, 0.5) is 8.78 Å². The first-order chi connectivity index (χ1) is 15.6. The van der Waals surface area contributed by atoms with E-state index >= 15 is 0 Å². The molecule has 0 radical (unpaired) electrons. The van der Waals surface area contributed by atoms with Gasteiger partial charge in [-0.2, -0.15) is 8.78 Å². The lowest BCUT2D eigenvalue weighted by molar-refractivity contribution is -0.144. The summed E-state index contributed by atoms with van der Waals surface area (Å²) in [6.45, 7) is 5.71. The van der Waals surface area contributed by atoms with Gasteiger partial charge in [-0.1, -0.05) is 42.4 Å². The lowest BCUT2D eigenvalue weighted by Crippen LogP contribution is -2.49. The number of halogens is 3. The number of aryl methyl sites for hydroxylation is 2. The third kappa shape index (κ3) is 4.42. The van der Waals surface area contributed by atoms with Gasteiger partial charge in [0.15, 0.2) is 0 Å². The molecule has 0 saturated carbocycles. The molecule has 2 aromatic carbocycles. The number of Topliss-reactive ketones (excluding diaryl/α,β-unsaturated/α-hetero) is 1. The molecule has 2 aliphatic rings. The van der Waals surface area contributed by atoms with E-state index in [0.717, 1.165) is 11.6 Å². The molecule has 2 aromatic rings. The van der Waals surface area contributed by atoms with Crippen LogP contribution in [0.2, 0.25) is 5.02 Å². The summed E-state index contributed by atoms with van der Waals surface area (Å²) >= 11 is 5.94. The molecule has 1 saturated heterocycles. The standard InChI is InChI=1S/C25H23ClF2N2O3/c1-14-3-7-18(12-20(14)26)25(27,28)22(31)10-6-16-5-8-19-17(11-16)13-30(24(19)33)21-9-4-15(2)29-23(21)32/h3,5,7-8,11-12,21H,2,4,6,9-10,13H2,1H3,(H,29,32). The molecular formula is C25H23ClF2N2O3. The van der Waals surface area contributed by atoms with Crippen LogP contribution in [0.1, 0.15) is 51.9 Å². The van der Waals surface area contributed by atoms with Crippen LogP contribution in [0.25, 0.3) is 0 Å². The van der Waals surface area contributed by atoms with Crippen molar-refractivity contribution in [3.63, 3.8) is 0 Å². The zero-order valence-electron chi connectivity index (χ0n) is 18.1. The summed E-state index contributed by atoms with van der Waals surface area (Å²) in [4.78, 5) is 39.0. The normalized spacial score (nSPS) is 18.4. The van der Waals surface area contributed by atoms with Gasteiger partial charge in [0.1, 0.15) is 6.04 Å². The quantitative estimate of drug-likeness (QED) is 0.663. The van der Waals surface area contributed by atoms with Crippen molar-refractivity contribution in [2.24, 2.45) is 0 Å². The minimum Gasteiger partial charge on any atom is -0.329 e. The molecule has 1 N–H and O–H groups in total. The first-order valence-electron chi connectivity index (χ1n) is 10.7. The van der Waals surface area contributed by atoms with E-state index in [-0.39, 0.29) is 36.2 Å². The van der Waals surface area contributed by atoms with Gasteiger partial charge in [0.05, 0.1) is 0 Å². The van der Waals surface area contributed by atoms with E-state index in [2.05, 4.69) is 11.9 Å². The fourth-order valence-electron chi connectivity index (χ4n) is 4.23. The summed E-state index contributed by atoms with van der Waals surface area (Å²) < 4.78 is 29.3. The van der Waals surface area contributed by atoms with Gasteiger partial charge in [-0.3, -0.25) is 14.4 Å². The SMILES string of the molecule is C=C1CCC(N2Cc3cc(CCC(=O)C(F)(F)c4ccc(C)c(Cl)c4)ccc3C2=O)C(=O)N1. The number of carbonyl (C=O) groups is 3. The molecule has 1 fully saturated rings. The second-order valence-electron chi connectivity index (χ2n) is 8.53. The highest BCUT2D eigenvalue weighted by atomic mass is 35.5. The van der Waals surface area contributed by atoms with Crippen LogP contribution in [-0.4, -0.2) is 28.5 Å². The van der Waals surface area contributed by atoms with E-state index in [1.54, 1.807) is 25.1 Å². The van der Waals surface area contributed by atoms with E-state index in [1.165, 1.54) is 17.0 Å². The van der Waals surface area contributed by atoms with Gasteiger partial charge >= 0.3 is 5.92 Å². The maximum absolute atomic E-state index is 14.7. The molecule has 0 aliphatic carbocycles. The first kappa shape index (κ1) is 23.1. The van der Waals surface area contributed by atoms with E-state index in [1.807, 2.05) is 0 Å². The van der Waals surface area contributed by atoms with Gasteiger partial charge < -0.3 is 10.2 Å². The zero-order chi connectivity index (χ0) is 23.9. The number of nitrogens with zero attached hydrogens (tertiary/aromatic N) is 1. The highest BCUT2D eigenvalue weighted by Crippen LogP contribution is 2.34. The summed E-state index contributed by atoms with van der Waals surface area (Å²) in [6.07, 6.45) is 0.857. The monoisotopic (exact) mass is 472 g/mol. The van der Waals surface area contributed by atoms with Crippen molar-refractivity contribution < 1.29 is 23.2 Å². The molecule has 1 unspecified atom stereocenters. The second-order valence-corrected chi connectivity index (χ2v) is 8.94. The van der Waals surface area contributed by atoms with Crippen molar-refractivity contribution in [3.8, 4) is 0 Å². The fourth-order valence-corrected chi connectivity index (χ4v) is 4.41. The van der Waals surface area contributed by atoms with Crippen LogP contribution in [0.5, 0.6) is 0 Å². The lowest BCUT2D eigenvalue weighted by Gasteiger charge is -2.30. The lowest BCUT2D eigenvalue weighted by atomic mass is 9.97. The van der Waals surface area contributed by atoms with Crippen LogP contribution in [0, 0.1) is 6.92 Å². The van der Waals surface area contributed by atoms with E-state index in [4.69, 9.17) is 11.6 Å². The summed E-state index contributed by atoms with van der Waals surface area (Å²) in [7, 11) is 0. The Morgan fingerprint density at radius 1 is 1.24 bits per heavy atom. The summed E-state index contributed by atoms with van der Waals surface area (Å²) in [6, 6.07) is 8.28. The number of alkyl halides is 2. The summed E-state index contributed by atoms with van der Waals surface area (Å²) in [5.41, 5.74) is 2.75. The topological polar surface area (TPSA) is 66.5 Å². The predicted octanol–water partition coefficient (Wildman–Crippen LogP) is 4.69. The fraction of sp³-hybridized carbons (Fsp3) is 0.320. The molecule has 0 aromatic heterocycles. The Kier molecular flexibility index (Phi) is 6.10. The average Bonchev–Trinajstić information content (AvgIpc) is 3.09. The second kappa shape index (κ2) is 8.71. The Labute approximate surface area is 195 Å². The number of amides is 2. The van der Waals surface area contributed by atoms with Crippen molar-refractivity contribution in [2.75, 3.05) is 0 Å². The number of nitrogens with one attached hydrogen (secondary N) is 1. The molecule has 1 atom stereocenters. The number of rotatable bonds is 6. The van der Waals surface area contributed by atoms with E-state index < -0.39 is 23.3 Å². The van der Waals surface area contributed by atoms with E-state index in [9.17, 15) is 23.2 Å². The van der Waals surface area contributed by atoms with Crippen molar-refractivity contribution in [2.45, 2.75) is 51.1 Å². The predicted molar refractivity (Wildman–Crippen MR) is 120 cm³/mol. The molecule has 2 heterocycles. The van der Waals surface area contributed by atoms with Crippen LogP contribution >= 0.6 is 11.6 Å². The Morgan fingerprint density at radius 2 is 2.00 bits per heavy atom. The third-order valence-corrected chi connectivity index (χ3v) is 6.63. The van der Waals surface area contributed by atoms with Gasteiger partial charge in [-0.15, -0.1) is 0 Å². The number of fused-ring (bicyclic) bond motifs is 1. The smallest absolute Gasteiger partial charge is 0.329 e. The van der Waals surface area contributed by atoms with Crippen LogP contribution < -0.4 is 5.32 Å². The number of hydrogen-bond donors (Lipinski definition) is 1. The van der Waals surface area contributed by atoms with Gasteiger partial charge in [0.2, 0.25) is 11.7 Å². The van der Waals surface area contributed by atoms with Crippen molar-refractivity contribution >= 4 is 29.2 Å². The Morgan fingerprint density at radius 3 is 2.70 bits per heavy atom. The summed E-state index contributed by atoms with van der Waals surface area (Å²) in [5.74, 6) is -5.32. The van der Waals surface area contributed by atoms with Gasteiger partial charge in [-0.05, 0) is 55.0 Å². The van der Waals surface area contributed by atoms with E-state index in [0.29, 0.717) is 35.2 Å². The number of benzene rings is 2. The molecule has 33 heavy (non-hydrogen) atoms. The van der Waals surface area contributed by atoms with Crippen molar-refractivity contribution in [1.82, 2.24) is 10.2 Å². The maximum Gasteiger partial charge on any atom is 0.330 e. The Balaban J connectivity index is 1.44. The highest BCUT2D eigenvalue weighted by Gasteiger charge is 2.41. The zero-order valence-corrected chi connectivity index (χ0v) is 18.8. The average molecular weight is 473 g/mol. The Hall–Kier alpha value is -3.06. The molecule has 0 bridgehead atoms. The number of piperidine rings is 1. The minimum absolute atomic E-state index is 0.110. The number of allylic oxidation sites excluding steroid dienone is 1. The summed E-state index contributed by atoms with van der Waals surface area (Å²) in [5, 5.41) is 2.87. The van der Waals surface area contributed by atoms with Crippen LogP contribution in [0.3, 0.4) is 0 Å². The molecule has 8 heteroatoms.